The number of rotatable bonds is 8. The van der Waals surface area contributed by atoms with Crippen molar-refractivity contribution in [3.63, 3.8) is 0 Å². The minimum atomic E-state index is -0.907. The second kappa shape index (κ2) is 12.3. The van der Waals surface area contributed by atoms with Crippen LogP contribution in [0.3, 0.4) is 0 Å². The Morgan fingerprint density at radius 3 is 2.29 bits per heavy atom. The molecule has 0 bridgehead atoms. The van der Waals surface area contributed by atoms with E-state index in [0.717, 1.165) is 12.1 Å². The van der Waals surface area contributed by atoms with Gasteiger partial charge in [0.1, 0.15) is 22.6 Å². The zero-order valence-electron chi connectivity index (χ0n) is 18.4. The van der Waals surface area contributed by atoms with E-state index >= 15 is 0 Å². The monoisotopic (exact) mass is 430 g/mol. The molecule has 8 heteroatoms. The number of nitrogens with zero attached hydrogens (tertiary/aromatic N) is 1. The summed E-state index contributed by atoms with van der Waals surface area (Å²) in [6.07, 6.45) is 5.25. The number of hydrogen-bond donors (Lipinski definition) is 1. The van der Waals surface area contributed by atoms with Crippen LogP contribution in [0.4, 0.5) is 11.4 Å². The minimum Gasteiger partial charge on any atom is -0.456 e. The van der Waals surface area contributed by atoms with E-state index in [1.807, 2.05) is 0 Å². The molecule has 2 aromatic rings. The molecule has 0 saturated heterocycles. The minimum absolute atomic E-state index is 0.0917. The molecule has 0 saturated carbocycles. The van der Waals surface area contributed by atoms with Gasteiger partial charge in [-0.15, -0.1) is 0 Å². The van der Waals surface area contributed by atoms with Crippen molar-refractivity contribution in [1.82, 2.24) is 0 Å². The Hall–Kier alpha value is -3.42. The van der Waals surface area contributed by atoms with Gasteiger partial charge in [-0.2, -0.15) is 0 Å². The molecule has 0 unspecified atom stereocenters. The van der Waals surface area contributed by atoms with Gasteiger partial charge in [0.25, 0.3) is 12.2 Å². The van der Waals surface area contributed by atoms with Crippen LogP contribution in [-0.2, 0) is 16.0 Å². The predicted molar refractivity (Wildman–Crippen MR) is 119 cm³/mol. The van der Waals surface area contributed by atoms with Crippen LogP contribution < -0.4 is 10.5 Å². The van der Waals surface area contributed by atoms with Crippen molar-refractivity contribution < 1.29 is 24.0 Å². The fourth-order valence-corrected chi connectivity index (χ4v) is 2.66. The number of esters is 1. The van der Waals surface area contributed by atoms with Gasteiger partial charge in [0.15, 0.2) is 0 Å². The number of nitrogens with two attached hydrogens (primary N) is 1. The fourth-order valence-electron chi connectivity index (χ4n) is 2.66. The first-order valence-electron chi connectivity index (χ1n) is 10.0. The molecule has 0 heterocycles. The van der Waals surface area contributed by atoms with Crippen molar-refractivity contribution in [2.24, 2.45) is 0 Å². The zero-order valence-corrected chi connectivity index (χ0v) is 18.4. The molecular formula is C23H30N2O6. The normalized spacial score (nSPS) is 10.5. The number of hydrogen-bond acceptors (Lipinski definition) is 7. The molecule has 0 aliphatic rings. The number of aryl methyl sites for hydroxylation is 1. The number of carbonyl (C=O) groups is 2. The standard InChI is InChI=1S/C12H14N2O6.C11H16/c1-12(2,3)20-11(16)9-8(19-6-15)5-4-7(10(9)13)14(17)18;1-2-3-5-8-11-9-6-4-7-10-11/h4-6H,13H2,1-3H3;4,6-7,9-10H,2-3,5,8H2,1H3. The summed E-state index contributed by atoms with van der Waals surface area (Å²) in [4.78, 5) is 32.5. The lowest BCUT2D eigenvalue weighted by Gasteiger charge is -2.20. The Morgan fingerprint density at radius 1 is 1.13 bits per heavy atom. The quantitative estimate of drug-likeness (QED) is 0.155. The molecule has 0 atom stereocenters. The van der Waals surface area contributed by atoms with Crippen LogP contribution in [0.25, 0.3) is 0 Å². The Balaban J connectivity index is 0.000000367. The van der Waals surface area contributed by atoms with Gasteiger partial charge >= 0.3 is 5.97 Å². The van der Waals surface area contributed by atoms with Crippen molar-refractivity contribution in [3.05, 3.63) is 63.7 Å². The Morgan fingerprint density at radius 2 is 1.77 bits per heavy atom. The summed E-state index contributed by atoms with van der Waals surface area (Å²) in [5, 5.41) is 10.8. The summed E-state index contributed by atoms with van der Waals surface area (Å²) in [5.41, 5.74) is 5.02. The van der Waals surface area contributed by atoms with Gasteiger partial charge in [0.2, 0.25) is 0 Å². The highest BCUT2D eigenvalue weighted by molar-refractivity contribution is 6.00. The topological polar surface area (TPSA) is 122 Å². The molecule has 2 N–H and O–H groups in total. The van der Waals surface area contributed by atoms with E-state index in [4.69, 9.17) is 10.5 Å². The smallest absolute Gasteiger partial charge is 0.344 e. The van der Waals surface area contributed by atoms with E-state index in [2.05, 4.69) is 42.0 Å². The largest absolute Gasteiger partial charge is 0.456 e. The third-order valence-electron chi connectivity index (χ3n) is 4.07. The number of nitro benzene ring substituents is 1. The molecule has 0 amide bonds. The molecule has 0 aliphatic carbocycles. The van der Waals surface area contributed by atoms with Gasteiger partial charge in [-0.3, -0.25) is 14.9 Å². The number of benzene rings is 2. The summed E-state index contributed by atoms with van der Waals surface area (Å²) in [7, 11) is 0. The highest BCUT2D eigenvalue weighted by Gasteiger charge is 2.28. The molecule has 0 spiro atoms. The second-order valence-electron chi connectivity index (χ2n) is 7.79. The molecule has 168 valence electrons. The van der Waals surface area contributed by atoms with E-state index in [1.54, 1.807) is 20.8 Å². The Kier molecular flexibility index (Phi) is 10.2. The fraction of sp³-hybridized carbons (Fsp3) is 0.391. The lowest BCUT2D eigenvalue weighted by molar-refractivity contribution is -0.383. The molecule has 2 aromatic carbocycles. The summed E-state index contributed by atoms with van der Waals surface area (Å²) in [6.45, 7) is 7.20. The number of nitrogen functional groups attached to an aromatic ring is 1. The summed E-state index contributed by atoms with van der Waals surface area (Å²) >= 11 is 0. The third-order valence-corrected chi connectivity index (χ3v) is 4.07. The van der Waals surface area contributed by atoms with Gasteiger partial charge in [0.05, 0.1) is 4.92 Å². The van der Waals surface area contributed by atoms with Crippen LogP contribution >= 0.6 is 0 Å². The lowest BCUT2D eigenvalue weighted by atomic mass is 10.1. The molecule has 2 rings (SSSR count). The van der Waals surface area contributed by atoms with Gasteiger partial charge in [-0.05, 0) is 45.2 Å². The molecule has 0 radical (unpaired) electrons. The van der Waals surface area contributed by atoms with Crippen LogP contribution in [0.5, 0.6) is 5.75 Å². The SMILES string of the molecule is CC(C)(C)OC(=O)c1c(OC=O)ccc([N+](=O)[O-])c1N.CCCCCc1ccccc1. The Labute approximate surface area is 182 Å². The van der Waals surface area contributed by atoms with Gasteiger partial charge in [-0.1, -0.05) is 50.1 Å². The van der Waals surface area contributed by atoms with E-state index in [1.165, 1.54) is 31.2 Å². The first-order chi connectivity index (χ1) is 14.6. The molecule has 31 heavy (non-hydrogen) atoms. The maximum absolute atomic E-state index is 12.0. The van der Waals surface area contributed by atoms with Crippen LogP contribution in [0.2, 0.25) is 0 Å². The number of ether oxygens (including phenoxy) is 2. The lowest BCUT2D eigenvalue weighted by Crippen LogP contribution is -2.25. The van der Waals surface area contributed by atoms with E-state index in [-0.39, 0.29) is 17.8 Å². The number of carbonyl (C=O) groups excluding carboxylic acids is 2. The van der Waals surface area contributed by atoms with Gasteiger partial charge < -0.3 is 15.2 Å². The van der Waals surface area contributed by atoms with Gasteiger partial charge in [-0.25, -0.2) is 4.79 Å². The molecule has 0 aromatic heterocycles. The highest BCUT2D eigenvalue weighted by atomic mass is 16.6. The maximum atomic E-state index is 12.0. The molecular weight excluding hydrogens is 400 g/mol. The predicted octanol–water partition coefficient (Wildman–Crippen LogP) is 5.09. The van der Waals surface area contributed by atoms with Crippen LogP contribution in [-0.4, -0.2) is 23.0 Å². The van der Waals surface area contributed by atoms with E-state index < -0.39 is 27.9 Å². The van der Waals surface area contributed by atoms with Crippen molar-refractivity contribution >= 4 is 23.8 Å². The van der Waals surface area contributed by atoms with Crippen molar-refractivity contribution in [2.45, 2.75) is 59.0 Å². The third kappa shape index (κ3) is 8.86. The maximum Gasteiger partial charge on any atom is 0.344 e. The van der Waals surface area contributed by atoms with Crippen molar-refractivity contribution in [1.29, 1.82) is 0 Å². The van der Waals surface area contributed by atoms with Crippen LogP contribution in [0.15, 0.2) is 42.5 Å². The van der Waals surface area contributed by atoms with Crippen molar-refractivity contribution in [3.8, 4) is 5.75 Å². The number of unbranched alkanes of at least 4 members (excludes halogenated alkanes) is 2. The average Bonchev–Trinajstić information content (AvgIpc) is 2.68. The first-order valence-corrected chi connectivity index (χ1v) is 10.0. The number of anilines is 1. The molecule has 0 fully saturated rings. The van der Waals surface area contributed by atoms with Crippen LogP contribution in [0.1, 0.15) is 62.9 Å². The van der Waals surface area contributed by atoms with E-state index in [0.29, 0.717) is 0 Å². The summed E-state index contributed by atoms with van der Waals surface area (Å²) < 4.78 is 9.69. The van der Waals surface area contributed by atoms with Gasteiger partial charge in [0, 0.05) is 6.07 Å². The molecule has 8 nitrogen and oxygen atoms in total. The van der Waals surface area contributed by atoms with E-state index in [9.17, 15) is 19.7 Å². The first kappa shape index (κ1) is 25.6. The summed E-state index contributed by atoms with van der Waals surface area (Å²) in [5.74, 6) is -1.10. The second-order valence-corrected chi connectivity index (χ2v) is 7.79. The summed E-state index contributed by atoms with van der Waals surface area (Å²) in [6, 6.07) is 12.9. The molecule has 0 aliphatic heterocycles. The number of nitro groups is 1. The van der Waals surface area contributed by atoms with Crippen molar-refractivity contribution in [2.75, 3.05) is 5.73 Å². The average molecular weight is 431 g/mol. The Bertz CT molecular complexity index is 876. The van der Waals surface area contributed by atoms with Crippen LogP contribution in [0, 0.1) is 10.1 Å². The highest BCUT2D eigenvalue weighted by Crippen LogP contribution is 2.34. The zero-order chi connectivity index (χ0) is 23.4.